The number of hydrogen-bond acceptors (Lipinski definition) is 4. The standard InChI is InChI=1S/C21H16ClNO4/c1-13-11-21(27-20(13)25,15-4-6-16(22)7-5-15)12-26-17-8-2-14-3-9-19(24)23-18(14)10-17/h2-10H,1,11-12H2,(H,23,24). The molecule has 1 fully saturated rings. The lowest BCUT2D eigenvalue weighted by Crippen LogP contribution is -2.33. The number of rotatable bonds is 4. The SMILES string of the molecule is C=C1CC(COc2ccc3ccc(=O)[nH]c3c2)(c2ccc(Cl)cc2)OC1=O. The molecule has 136 valence electrons. The van der Waals surface area contributed by atoms with E-state index in [-0.39, 0.29) is 12.2 Å². The minimum absolute atomic E-state index is 0.113. The van der Waals surface area contributed by atoms with E-state index in [1.54, 1.807) is 24.3 Å². The van der Waals surface area contributed by atoms with E-state index >= 15 is 0 Å². The minimum Gasteiger partial charge on any atom is -0.489 e. The van der Waals surface area contributed by atoms with Crippen LogP contribution in [0, 0.1) is 0 Å². The lowest BCUT2D eigenvalue weighted by atomic mass is 9.90. The van der Waals surface area contributed by atoms with Crippen molar-refractivity contribution in [2.24, 2.45) is 0 Å². The Morgan fingerprint density at radius 1 is 1.11 bits per heavy atom. The lowest BCUT2D eigenvalue weighted by Gasteiger charge is -2.28. The summed E-state index contributed by atoms with van der Waals surface area (Å²) in [6, 6.07) is 15.8. The normalized spacial score (nSPS) is 19.3. The van der Waals surface area contributed by atoms with E-state index in [4.69, 9.17) is 21.1 Å². The molecule has 2 aromatic carbocycles. The fourth-order valence-electron chi connectivity index (χ4n) is 3.20. The Labute approximate surface area is 160 Å². The summed E-state index contributed by atoms with van der Waals surface area (Å²) < 4.78 is 11.6. The number of pyridine rings is 1. The molecular weight excluding hydrogens is 366 g/mol. The highest BCUT2D eigenvalue weighted by Crippen LogP contribution is 2.40. The van der Waals surface area contributed by atoms with Gasteiger partial charge in [-0.05, 0) is 41.3 Å². The van der Waals surface area contributed by atoms with Crippen molar-refractivity contribution in [2.75, 3.05) is 6.61 Å². The zero-order valence-electron chi connectivity index (χ0n) is 14.3. The Morgan fingerprint density at radius 2 is 1.85 bits per heavy atom. The first kappa shape index (κ1) is 17.4. The summed E-state index contributed by atoms with van der Waals surface area (Å²) in [5.74, 6) is 0.127. The van der Waals surface area contributed by atoms with Gasteiger partial charge in [-0.2, -0.15) is 0 Å². The number of fused-ring (bicyclic) bond motifs is 1. The first-order valence-electron chi connectivity index (χ1n) is 8.38. The molecule has 2 heterocycles. The van der Waals surface area contributed by atoms with Crippen molar-refractivity contribution in [1.29, 1.82) is 0 Å². The van der Waals surface area contributed by atoms with Crippen molar-refractivity contribution in [3.8, 4) is 5.75 Å². The number of ether oxygens (including phenoxy) is 2. The summed E-state index contributed by atoms with van der Waals surface area (Å²) in [6.45, 7) is 3.90. The van der Waals surface area contributed by atoms with Gasteiger partial charge < -0.3 is 14.5 Å². The number of carbonyl (C=O) groups is 1. The summed E-state index contributed by atoms with van der Waals surface area (Å²) >= 11 is 5.98. The van der Waals surface area contributed by atoms with Gasteiger partial charge in [-0.25, -0.2) is 4.79 Å². The van der Waals surface area contributed by atoms with E-state index in [0.717, 1.165) is 10.9 Å². The minimum atomic E-state index is -0.961. The topological polar surface area (TPSA) is 68.4 Å². The highest BCUT2D eigenvalue weighted by molar-refractivity contribution is 6.30. The molecule has 4 rings (SSSR count). The number of benzene rings is 2. The van der Waals surface area contributed by atoms with E-state index < -0.39 is 11.6 Å². The number of halogens is 1. The number of aromatic amines is 1. The van der Waals surface area contributed by atoms with Crippen LogP contribution in [-0.2, 0) is 15.1 Å². The molecular formula is C21H16ClNO4. The molecule has 1 aromatic heterocycles. The molecule has 0 aliphatic carbocycles. The third-order valence-electron chi connectivity index (χ3n) is 4.61. The van der Waals surface area contributed by atoms with Crippen LogP contribution < -0.4 is 10.3 Å². The second-order valence-electron chi connectivity index (χ2n) is 6.53. The average molecular weight is 382 g/mol. The molecule has 1 atom stereocenters. The van der Waals surface area contributed by atoms with E-state index in [1.165, 1.54) is 6.07 Å². The Bertz CT molecular complexity index is 1090. The summed E-state index contributed by atoms with van der Waals surface area (Å²) in [5.41, 5.74) is 0.716. The Morgan fingerprint density at radius 3 is 2.56 bits per heavy atom. The van der Waals surface area contributed by atoms with Gasteiger partial charge >= 0.3 is 5.97 Å². The monoisotopic (exact) mass is 381 g/mol. The van der Waals surface area contributed by atoms with Crippen molar-refractivity contribution in [1.82, 2.24) is 4.98 Å². The van der Waals surface area contributed by atoms with Crippen LogP contribution in [0.25, 0.3) is 10.9 Å². The third kappa shape index (κ3) is 3.34. The van der Waals surface area contributed by atoms with Crippen LogP contribution >= 0.6 is 11.6 Å². The molecule has 1 N–H and O–H groups in total. The number of aromatic nitrogens is 1. The number of carbonyl (C=O) groups excluding carboxylic acids is 1. The van der Waals surface area contributed by atoms with Gasteiger partial charge in [0.15, 0.2) is 5.60 Å². The summed E-state index contributed by atoms with van der Waals surface area (Å²) in [5, 5.41) is 1.49. The number of nitrogens with one attached hydrogen (secondary N) is 1. The Hall–Kier alpha value is -3.05. The van der Waals surface area contributed by atoms with E-state index in [2.05, 4.69) is 11.6 Å². The van der Waals surface area contributed by atoms with Gasteiger partial charge in [-0.15, -0.1) is 0 Å². The van der Waals surface area contributed by atoms with Gasteiger partial charge in [-0.3, -0.25) is 4.79 Å². The third-order valence-corrected chi connectivity index (χ3v) is 4.87. The maximum Gasteiger partial charge on any atom is 0.334 e. The van der Waals surface area contributed by atoms with Crippen molar-refractivity contribution in [3.63, 3.8) is 0 Å². The van der Waals surface area contributed by atoms with Gasteiger partial charge in [-0.1, -0.05) is 30.3 Å². The fraction of sp³-hybridized carbons (Fsp3) is 0.143. The smallest absolute Gasteiger partial charge is 0.334 e. The van der Waals surface area contributed by atoms with Crippen molar-refractivity contribution < 1.29 is 14.3 Å². The lowest BCUT2D eigenvalue weighted by molar-refractivity contribution is -0.150. The molecule has 6 heteroatoms. The van der Waals surface area contributed by atoms with E-state index in [9.17, 15) is 9.59 Å². The summed E-state index contributed by atoms with van der Waals surface area (Å²) in [4.78, 5) is 26.3. The number of H-pyrrole nitrogens is 1. The second kappa shape index (κ2) is 6.59. The van der Waals surface area contributed by atoms with Gasteiger partial charge in [0.05, 0.1) is 5.52 Å². The van der Waals surface area contributed by atoms with Gasteiger partial charge in [0.25, 0.3) is 0 Å². The second-order valence-corrected chi connectivity index (χ2v) is 6.97. The Kier molecular flexibility index (Phi) is 4.24. The zero-order chi connectivity index (χ0) is 19.0. The van der Waals surface area contributed by atoms with Gasteiger partial charge in [0.1, 0.15) is 12.4 Å². The maximum absolute atomic E-state index is 12.0. The quantitative estimate of drug-likeness (QED) is 0.548. The molecule has 1 unspecified atom stereocenters. The fourth-order valence-corrected chi connectivity index (χ4v) is 3.33. The molecule has 1 aliphatic rings. The first-order chi connectivity index (χ1) is 12.9. The molecule has 1 saturated heterocycles. The summed E-state index contributed by atoms with van der Waals surface area (Å²) in [7, 11) is 0. The largest absolute Gasteiger partial charge is 0.489 e. The number of hydrogen-bond donors (Lipinski definition) is 1. The van der Waals surface area contributed by atoms with E-state index in [0.29, 0.717) is 28.3 Å². The van der Waals surface area contributed by atoms with Crippen LogP contribution in [0.15, 0.2) is 71.5 Å². The number of esters is 1. The van der Waals surface area contributed by atoms with Gasteiger partial charge in [0, 0.05) is 29.1 Å². The average Bonchev–Trinajstić information content (AvgIpc) is 2.95. The van der Waals surface area contributed by atoms with Gasteiger partial charge in [0.2, 0.25) is 5.56 Å². The molecule has 0 amide bonds. The zero-order valence-corrected chi connectivity index (χ0v) is 15.1. The van der Waals surface area contributed by atoms with Crippen LogP contribution in [0.2, 0.25) is 5.02 Å². The molecule has 0 bridgehead atoms. The van der Waals surface area contributed by atoms with E-state index in [1.807, 2.05) is 24.3 Å². The first-order valence-corrected chi connectivity index (χ1v) is 8.76. The van der Waals surface area contributed by atoms with Crippen molar-refractivity contribution in [2.45, 2.75) is 12.0 Å². The molecule has 3 aromatic rings. The highest BCUT2D eigenvalue weighted by atomic mass is 35.5. The molecule has 1 aliphatic heterocycles. The van der Waals surface area contributed by atoms with Crippen LogP contribution in [0.4, 0.5) is 0 Å². The Balaban J connectivity index is 1.65. The highest BCUT2D eigenvalue weighted by Gasteiger charge is 2.45. The molecule has 5 nitrogen and oxygen atoms in total. The molecule has 0 radical (unpaired) electrons. The number of cyclic esters (lactones) is 1. The predicted octanol–water partition coefficient (Wildman–Crippen LogP) is 3.96. The molecule has 0 spiro atoms. The van der Waals surface area contributed by atoms with Crippen LogP contribution in [0.5, 0.6) is 5.75 Å². The van der Waals surface area contributed by atoms with Crippen molar-refractivity contribution >= 4 is 28.5 Å². The summed E-state index contributed by atoms with van der Waals surface area (Å²) in [6.07, 6.45) is 0.331. The molecule has 27 heavy (non-hydrogen) atoms. The van der Waals surface area contributed by atoms with Crippen LogP contribution in [0.3, 0.4) is 0 Å². The molecule has 0 saturated carbocycles. The van der Waals surface area contributed by atoms with Crippen molar-refractivity contribution in [3.05, 3.63) is 87.7 Å². The van der Waals surface area contributed by atoms with Crippen LogP contribution in [-0.4, -0.2) is 17.6 Å². The predicted molar refractivity (Wildman–Crippen MR) is 103 cm³/mol. The van der Waals surface area contributed by atoms with Crippen LogP contribution in [0.1, 0.15) is 12.0 Å². The maximum atomic E-state index is 12.0.